The number of hydrogen-bond acceptors (Lipinski definition) is 3. The summed E-state index contributed by atoms with van der Waals surface area (Å²) in [5.74, 6) is 0.438. The third kappa shape index (κ3) is 9.26. The van der Waals surface area contributed by atoms with Crippen LogP contribution in [0.1, 0.15) is 64.7 Å². The van der Waals surface area contributed by atoms with Crippen LogP contribution in [0, 0.1) is 5.92 Å². The van der Waals surface area contributed by atoms with Crippen molar-refractivity contribution < 1.29 is 27.4 Å². The van der Waals surface area contributed by atoms with Crippen molar-refractivity contribution in [2.75, 3.05) is 19.8 Å². The fraction of sp³-hybridized carbons (Fsp3) is 0.810. The predicted octanol–water partition coefficient (Wildman–Crippen LogP) is 5.95. The molecule has 1 aliphatic heterocycles. The van der Waals surface area contributed by atoms with Gasteiger partial charge in [0.25, 0.3) is 0 Å². The molecule has 0 saturated carbocycles. The largest absolute Gasteiger partial charge is 0.411 e. The second-order valence-electron chi connectivity index (χ2n) is 7.54. The van der Waals surface area contributed by atoms with Crippen molar-refractivity contribution in [3.63, 3.8) is 0 Å². The van der Waals surface area contributed by atoms with Crippen LogP contribution in [-0.2, 0) is 14.2 Å². The Morgan fingerprint density at radius 1 is 1.04 bits per heavy atom. The van der Waals surface area contributed by atoms with Gasteiger partial charge in [-0.1, -0.05) is 70.1 Å². The summed E-state index contributed by atoms with van der Waals surface area (Å²) in [5, 5.41) is 0. The molecule has 1 atom stereocenters. The first-order chi connectivity index (χ1) is 13.0. The Hall–Kier alpha value is -0.850. The monoisotopic (exact) mass is 390 g/mol. The highest BCUT2D eigenvalue weighted by Crippen LogP contribution is 2.26. The molecule has 6 heteroatoms. The Bertz CT molecular complexity index is 466. The zero-order valence-corrected chi connectivity index (χ0v) is 16.3. The molecule has 2 aliphatic rings. The normalized spacial score (nSPS) is 26.2. The van der Waals surface area contributed by atoms with Crippen molar-refractivity contribution in [2.45, 2.75) is 83.3 Å². The average Bonchev–Trinajstić information content (AvgIpc) is 2.66. The lowest BCUT2D eigenvalue weighted by Crippen LogP contribution is -2.33. The van der Waals surface area contributed by atoms with E-state index in [9.17, 15) is 13.2 Å². The van der Waals surface area contributed by atoms with Gasteiger partial charge in [0.1, 0.15) is 6.61 Å². The van der Waals surface area contributed by atoms with Crippen LogP contribution in [-0.4, -0.2) is 38.4 Å². The van der Waals surface area contributed by atoms with E-state index in [1.54, 1.807) is 12.2 Å². The van der Waals surface area contributed by atoms with Crippen molar-refractivity contribution in [1.29, 1.82) is 0 Å². The van der Waals surface area contributed by atoms with Gasteiger partial charge in [0.05, 0.1) is 19.3 Å². The van der Waals surface area contributed by atoms with Gasteiger partial charge < -0.3 is 14.2 Å². The Morgan fingerprint density at radius 3 is 2.30 bits per heavy atom. The first kappa shape index (κ1) is 22.4. The van der Waals surface area contributed by atoms with Gasteiger partial charge in [0.15, 0.2) is 6.29 Å². The maximum Gasteiger partial charge on any atom is 0.411 e. The van der Waals surface area contributed by atoms with E-state index in [1.165, 1.54) is 44.9 Å². The molecule has 0 spiro atoms. The smallest absolute Gasteiger partial charge is 0.364 e. The van der Waals surface area contributed by atoms with Crippen LogP contribution in [0.15, 0.2) is 23.8 Å². The number of ether oxygens (including phenoxy) is 3. The molecule has 0 aromatic carbocycles. The summed E-state index contributed by atoms with van der Waals surface area (Å²) in [5.41, 5.74) is 0.872. The van der Waals surface area contributed by atoms with Gasteiger partial charge in [-0.25, -0.2) is 0 Å². The van der Waals surface area contributed by atoms with Crippen molar-refractivity contribution in [3.8, 4) is 0 Å². The number of halogens is 3. The highest BCUT2D eigenvalue weighted by molar-refractivity contribution is 5.27. The molecule has 1 saturated heterocycles. The summed E-state index contributed by atoms with van der Waals surface area (Å²) in [6, 6.07) is 0. The molecule has 0 amide bonds. The third-order valence-electron chi connectivity index (χ3n) is 5.00. The Kier molecular flexibility index (Phi) is 9.87. The van der Waals surface area contributed by atoms with Crippen molar-refractivity contribution in [3.05, 3.63) is 23.8 Å². The second kappa shape index (κ2) is 11.9. The Morgan fingerprint density at radius 2 is 1.70 bits per heavy atom. The topological polar surface area (TPSA) is 27.7 Å². The lowest BCUT2D eigenvalue weighted by atomic mass is 10.00. The van der Waals surface area contributed by atoms with Gasteiger partial charge in [0.2, 0.25) is 0 Å². The molecular formula is C21H33F3O3. The second-order valence-corrected chi connectivity index (χ2v) is 7.54. The van der Waals surface area contributed by atoms with E-state index in [0.29, 0.717) is 25.6 Å². The van der Waals surface area contributed by atoms with E-state index in [0.717, 1.165) is 12.0 Å². The number of unbranched alkanes of at least 4 members (excludes halogenated alkanes) is 6. The molecule has 0 radical (unpaired) electrons. The van der Waals surface area contributed by atoms with Crippen molar-refractivity contribution in [1.82, 2.24) is 0 Å². The van der Waals surface area contributed by atoms with Crippen LogP contribution in [0.4, 0.5) is 13.2 Å². The summed E-state index contributed by atoms with van der Waals surface area (Å²) in [6.45, 7) is 2.37. The highest BCUT2D eigenvalue weighted by atomic mass is 19.4. The van der Waals surface area contributed by atoms with Crippen molar-refractivity contribution in [2.24, 2.45) is 5.92 Å². The molecule has 0 aromatic heterocycles. The van der Waals surface area contributed by atoms with Gasteiger partial charge in [-0.05, 0) is 12.8 Å². The average molecular weight is 390 g/mol. The lowest BCUT2D eigenvalue weighted by molar-refractivity contribution is -0.183. The SMILES string of the molecule is CCCCCCCCCC1COC(C2=CCC(OCC(F)(F)F)C=C2)OC1. The van der Waals surface area contributed by atoms with E-state index in [1.807, 2.05) is 6.08 Å². The van der Waals surface area contributed by atoms with Gasteiger partial charge in [-0.3, -0.25) is 0 Å². The molecule has 156 valence electrons. The summed E-state index contributed by atoms with van der Waals surface area (Å²) in [6.07, 6.45) is 10.7. The molecular weight excluding hydrogens is 357 g/mol. The van der Waals surface area contributed by atoms with E-state index in [4.69, 9.17) is 14.2 Å². The lowest BCUT2D eigenvalue weighted by Gasteiger charge is -2.31. The number of rotatable bonds is 11. The van der Waals surface area contributed by atoms with Crippen LogP contribution in [0.2, 0.25) is 0 Å². The number of hydrogen-bond donors (Lipinski definition) is 0. The standard InChI is InChI=1S/C21H33F3O3/c1-2-3-4-5-6-7-8-9-17-14-25-20(26-15-17)18-10-12-19(13-11-18)27-16-21(22,23)24/h10-12,17,19-20H,2-9,13-16H2,1H3. The van der Waals surface area contributed by atoms with E-state index >= 15 is 0 Å². The van der Waals surface area contributed by atoms with Gasteiger partial charge in [-0.15, -0.1) is 0 Å². The summed E-state index contributed by atoms with van der Waals surface area (Å²) in [7, 11) is 0. The van der Waals surface area contributed by atoms with Crippen LogP contribution in [0.25, 0.3) is 0 Å². The van der Waals surface area contributed by atoms with E-state index in [2.05, 4.69) is 6.92 Å². The fourth-order valence-electron chi connectivity index (χ4n) is 3.41. The first-order valence-electron chi connectivity index (χ1n) is 10.3. The van der Waals surface area contributed by atoms with Gasteiger partial charge in [0, 0.05) is 11.5 Å². The molecule has 1 heterocycles. The van der Waals surface area contributed by atoms with Crippen molar-refractivity contribution >= 4 is 0 Å². The maximum absolute atomic E-state index is 12.2. The molecule has 0 bridgehead atoms. The zero-order chi connectivity index (χ0) is 19.5. The summed E-state index contributed by atoms with van der Waals surface area (Å²) < 4.78 is 53.1. The van der Waals surface area contributed by atoms with Crippen LogP contribution in [0.3, 0.4) is 0 Å². The van der Waals surface area contributed by atoms with Crippen LogP contribution < -0.4 is 0 Å². The Balaban J connectivity index is 1.57. The molecule has 2 rings (SSSR count). The first-order valence-corrected chi connectivity index (χ1v) is 10.3. The molecule has 3 nitrogen and oxygen atoms in total. The van der Waals surface area contributed by atoms with Gasteiger partial charge in [-0.2, -0.15) is 13.2 Å². The van der Waals surface area contributed by atoms with Crippen LogP contribution in [0.5, 0.6) is 0 Å². The minimum absolute atomic E-state index is 0.407. The quantitative estimate of drug-likeness (QED) is 0.408. The highest BCUT2D eigenvalue weighted by Gasteiger charge is 2.30. The number of alkyl halides is 3. The fourth-order valence-corrected chi connectivity index (χ4v) is 3.41. The minimum Gasteiger partial charge on any atom is -0.364 e. The van der Waals surface area contributed by atoms with Gasteiger partial charge >= 0.3 is 6.18 Å². The third-order valence-corrected chi connectivity index (χ3v) is 5.00. The molecule has 27 heavy (non-hydrogen) atoms. The van der Waals surface area contributed by atoms with E-state index in [-0.39, 0.29) is 0 Å². The molecule has 1 unspecified atom stereocenters. The van der Waals surface area contributed by atoms with Crippen LogP contribution >= 0.6 is 0 Å². The minimum atomic E-state index is -4.29. The Labute approximate surface area is 160 Å². The zero-order valence-electron chi connectivity index (χ0n) is 16.3. The molecule has 0 aromatic rings. The molecule has 1 fully saturated rings. The summed E-state index contributed by atoms with van der Waals surface area (Å²) >= 11 is 0. The summed E-state index contributed by atoms with van der Waals surface area (Å²) in [4.78, 5) is 0. The molecule has 1 aliphatic carbocycles. The molecule has 0 N–H and O–H groups in total. The van der Waals surface area contributed by atoms with E-state index < -0.39 is 25.2 Å². The predicted molar refractivity (Wildman–Crippen MR) is 99.4 cm³/mol. The maximum atomic E-state index is 12.2.